The molecule has 1 saturated heterocycles. The lowest BCUT2D eigenvalue weighted by Gasteiger charge is -2.38. The number of amides is 3. The highest BCUT2D eigenvalue weighted by atomic mass is 16.5. The summed E-state index contributed by atoms with van der Waals surface area (Å²) >= 11 is 0. The lowest BCUT2D eigenvalue weighted by Crippen LogP contribution is -2.50. The Morgan fingerprint density at radius 1 is 1.05 bits per heavy atom. The molecular formula is C28H30N4O6. The van der Waals surface area contributed by atoms with Crippen molar-refractivity contribution in [3.8, 4) is 5.75 Å². The molecule has 3 aliphatic rings. The molecule has 10 nitrogen and oxygen atoms in total. The van der Waals surface area contributed by atoms with Crippen LogP contribution in [0.25, 0.3) is 11.1 Å². The highest BCUT2D eigenvalue weighted by Gasteiger charge is 2.50. The van der Waals surface area contributed by atoms with Crippen LogP contribution in [-0.4, -0.2) is 65.3 Å². The lowest BCUT2D eigenvalue weighted by atomic mass is 10.0. The summed E-state index contributed by atoms with van der Waals surface area (Å²) in [6, 6.07) is 8.93. The number of oxazole rings is 1. The molecule has 1 aliphatic carbocycles. The van der Waals surface area contributed by atoms with E-state index in [1.807, 2.05) is 34.9 Å². The average molecular weight is 519 g/mol. The van der Waals surface area contributed by atoms with Gasteiger partial charge in [0, 0.05) is 48.8 Å². The van der Waals surface area contributed by atoms with E-state index in [1.54, 1.807) is 19.2 Å². The number of urea groups is 1. The highest BCUT2D eigenvalue weighted by Crippen LogP contribution is 2.43. The van der Waals surface area contributed by atoms with Crippen molar-refractivity contribution in [3.63, 3.8) is 0 Å². The molecule has 38 heavy (non-hydrogen) atoms. The molecule has 2 atom stereocenters. The number of piperidine rings is 1. The van der Waals surface area contributed by atoms with Crippen LogP contribution in [-0.2, 0) is 11.2 Å². The van der Waals surface area contributed by atoms with Crippen molar-refractivity contribution in [2.24, 2.45) is 11.8 Å². The number of carbonyl (C=O) groups is 3. The fourth-order valence-electron chi connectivity index (χ4n) is 5.87. The van der Waals surface area contributed by atoms with Crippen molar-refractivity contribution in [3.05, 3.63) is 57.6 Å². The van der Waals surface area contributed by atoms with Crippen LogP contribution in [0.4, 0.5) is 10.5 Å². The van der Waals surface area contributed by atoms with Crippen molar-refractivity contribution < 1.29 is 23.5 Å². The Kier molecular flexibility index (Phi) is 5.97. The molecule has 0 unspecified atom stereocenters. The van der Waals surface area contributed by atoms with Gasteiger partial charge in [0.15, 0.2) is 11.4 Å². The molecule has 6 rings (SSSR count). The molecule has 2 N–H and O–H groups in total. The zero-order valence-corrected chi connectivity index (χ0v) is 21.4. The van der Waals surface area contributed by atoms with Gasteiger partial charge in [-0.25, -0.2) is 9.59 Å². The van der Waals surface area contributed by atoms with Crippen LogP contribution >= 0.6 is 0 Å². The molecule has 198 valence electrons. The fourth-order valence-corrected chi connectivity index (χ4v) is 5.87. The van der Waals surface area contributed by atoms with Crippen LogP contribution in [0.1, 0.15) is 40.7 Å². The number of hydrogen-bond donors (Lipinski definition) is 2. The van der Waals surface area contributed by atoms with Gasteiger partial charge in [-0.15, -0.1) is 0 Å². The third kappa shape index (κ3) is 4.33. The maximum Gasteiger partial charge on any atom is 0.417 e. The number of Topliss-reactive ketones (excluding diaryl/α,β-unsaturated/α-hetero) is 1. The molecule has 0 radical (unpaired) electrons. The number of nitrogens with one attached hydrogen (secondary N) is 2. The number of ether oxygens (including phenoxy) is 1. The minimum atomic E-state index is -0.557. The third-order valence-electron chi connectivity index (χ3n) is 8.11. The topological polar surface area (TPSA) is 125 Å². The summed E-state index contributed by atoms with van der Waals surface area (Å²) in [5.41, 5.74) is 4.00. The molecule has 3 aromatic rings. The molecule has 2 aliphatic heterocycles. The number of aryl methyl sites for hydroxylation is 1. The first kappa shape index (κ1) is 24.3. The van der Waals surface area contributed by atoms with Crippen molar-refractivity contribution in [2.75, 3.05) is 32.1 Å². The van der Waals surface area contributed by atoms with Crippen LogP contribution in [0, 0.1) is 18.8 Å². The van der Waals surface area contributed by atoms with Crippen LogP contribution in [0.2, 0.25) is 0 Å². The van der Waals surface area contributed by atoms with Crippen molar-refractivity contribution in [1.29, 1.82) is 0 Å². The molecule has 2 fully saturated rings. The Morgan fingerprint density at radius 2 is 1.84 bits per heavy atom. The van der Waals surface area contributed by atoms with Gasteiger partial charge >= 0.3 is 11.8 Å². The van der Waals surface area contributed by atoms with Gasteiger partial charge in [-0.2, -0.15) is 0 Å². The summed E-state index contributed by atoms with van der Waals surface area (Å²) in [6.07, 6.45) is 2.66. The number of H-pyrrole nitrogens is 1. The first-order valence-corrected chi connectivity index (χ1v) is 13.0. The Morgan fingerprint density at radius 3 is 2.61 bits per heavy atom. The largest absolute Gasteiger partial charge is 0.497 e. The highest BCUT2D eigenvalue weighted by molar-refractivity contribution is 6.05. The number of ketones is 1. The predicted octanol–water partition coefficient (Wildman–Crippen LogP) is 3.34. The van der Waals surface area contributed by atoms with Crippen LogP contribution in [0.5, 0.6) is 5.75 Å². The number of fused-ring (bicyclic) bond motifs is 2. The number of hydrogen-bond acceptors (Lipinski definition) is 6. The van der Waals surface area contributed by atoms with Gasteiger partial charge in [-0.05, 0) is 74.1 Å². The Balaban J connectivity index is 1.06. The van der Waals surface area contributed by atoms with Crippen molar-refractivity contribution >= 4 is 34.5 Å². The zero-order chi connectivity index (χ0) is 26.6. The van der Waals surface area contributed by atoms with Gasteiger partial charge in [0.05, 0.1) is 12.6 Å². The fraction of sp³-hybridized carbons (Fsp3) is 0.429. The summed E-state index contributed by atoms with van der Waals surface area (Å²) in [5.74, 6) is -0.550. The number of methoxy groups -OCH3 is 1. The summed E-state index contributed by atoms with van der Waals surface area (Å²) in [5, 5.41) is 3.02. The van der Waals surface area contributed by atoms with Crippen molar-refractivity contribution in [2.45, 2.75) is 38.6 Å². The Hall–Kier alpha value is -4.08. The average Bonchev–Trinajstić information content (AvgIpc) is 3.65. The van der Waals surface area contributed by atoms with Crippen molar-refractivity contribution in [1.82, 2.24) is 14.8 Å². The first-order valence-electron chi connectivity index (χ1n) is 13.0. The van der Waals surface area contributed by atoms with Crippen LogP contribution < -0.4 is 15.8 Å². The Bertz CT molecular complexity index is 1500. The number of aromatic nitrogens is 1. The number of carbonyl (C=O) groups excluding carboxylic acids is 3. The van der Waals surface area contributed by atoms with E-state index in [1.165, 1.54) is 0 Å². The second-order valence-corrected chi connectivity index (χ2v) is 10.4. The van der Waals surface area contributed by atoms with Gasteiger partial charge in [0.25, 0.3) is 0 Å². The number of nitrogens with zero attached hydrogens (tertiary/aromatic N) is 2. The van der Waals surface area contributed by atoms with Gasteiger partial charge in [-0.1, -0.05) is 0 Å². The minimum Gasteiger partial charge on any atom is -0.497 e. The summed E-state index contributed by atoms with van der Waals surface area (Å²) < 4.78 is 10.5. The quantitative estimate of drug-likeness (QED) is 0.499. The number of rotatable bonds is 5. The summed E-state index contributed by atoms with van der Waals surface area (Å²) in [4.78, 5) is 57.2. The standard InChI is InChI=1S/C28H30N4O6/c1-15-11-17(13-23-24(15)30-28(36)38-23)25(33)20-14-21(20)26(34)31-8-6-18(7-9-31)32-10-5-16-12-19(37-2)3-4-22(16)29-27(32)35/h3-4,11-13,18,20-21H,5-10,14H2,1-2H3,(H,29,35)(H,30,36)/t20-,21-/m0/s1. The van der Waals surface area contributed by atoms with Gasteiger partial charge < -0.3 is 24.3 Å². The second-order valence-electron chi connectivity index (χ2n) is 10.4. The van der Waals surface area contributed by atoms with Gasteiger partial charge in [-0.3, -0.25) is 14.6 Å². The lowest BCUT2D eigenvalue weighted by molar-refractivity contribution is -0.134. The van der Waals surface area contributed by atoms with Crippen LogP contribution in [0.3, 0.4) is 0 Å². The second kappa shape index (κ2) is 9.34. The molecule has 1 aromatic heterocycles. The SMILES string of the molecule is COc1ccc2c(c1)CCN(C1CCN(C(=O)[C@H]3C[C@@H]3C(=O)c3cc(C)c4[nH]c(=O)oc4c3)CC1)C(=O)N2. The number of anilines is 1. The smallest absolute Gasteiger partial charge is 0.417 e. The molecular weight excluding hydrogens is 488 g/mol. The van der Waals surface area contributed by atoms with Crippen LogP contribution in [0.15, 0.2) is 39.5 Å². The molecule has 3 amide bonds. The van der Waals surface area contributed by atoms with Gasteiger partial charge in [0.1, 0.15) is 5.75 Å². The van der Waals surface area contributed by atoms with E-state index < -0.39 is 5.76 Å². The Labute approximate surface area is 218 Å². The normalized spacial score (nSPS) is 21.6. The zero-order valence-electron chi connectivity index (χ0n) is 21.4. The minimum absolute atomic E-state index is 0.00703. The number of benzene rings is 2. The maximum atomic E-state index is 13.2. The van der Waals surface area contributed by atoms with E-state index in [0.29, 0.717) is 55.6 Å². The molecule has 0 spiro atoms. The van der Waals surface area contributed by atoms with E-state index in [0.717, 1.165) is 29.0 Å². The monoisotopic (exact) mass is 518 g/mol. The molecule has 1 saturated carbocycles. The van der Waals surface area contributed by atoms with E-state index in [2.05, 4.69) is 10.3 Å². The number of likely N-dealkylation sites (tertiary alicyclic amines) is 1. The first-order chi connectivity index (χ1) is 18.3. The maximum absolute atomic E-state index is 13.2. The predicted molar refractivity (Wildman–Crippen MR) is 140 cm³/mol. The number of aromatic amines is 1. The summed E-state index contributed by atoms with van der Waals surface area (Å²) in [7, 11) is 1.63. The molecule has 3 heterocycles. The van der Waals surface area contributed by atoms with E-state index in [-0.39, 0.29) is 35.6 Å². The summed E-state index contributed by atoms with van der Waals surface area (Å²) in [6.45, 7) is 3.54. The molecule has 2 aromatic carbocycles. The van der Waals surface area contributed by atoms with E-state index in [9.17, 15) is 19.2 Å². The third-order valence-corrected chi connectivity index (χ3v) is 8.11. The van der Waals surface area contributed by atoms with E-state index in [4.69, 9.17) is 9.15 Å². The van der Waals surface area contributed by atoms with E-state index >= 15 is 0 Å². The van der Waals surface area contributed by atoms with Gasteiger partial charge in [0.2, 0.25) is 5.91 Å². The molecule has 0 bridgehead atoms. The molecule has 10 heteroatoms.